The first kappa shape index (κ1) is 28.1. The summed E-state index contributed by atoms with van der Waals surface area (Å²) >= 11 is 0. The van der Waals surface area contributed by atoms with Crippen LogP contribution in [0.1, 0.15) is 15.9 Å². The average Bonchev–Trinajstić information content (AvgIpc) is 3.76. The molecule has 3 aromatic carbocycles. The van der Waals surface area contributed by atoms with Crippen LogP contribution in [0.25, 0.3) is 44.2 Å². The standard InChI is InChI=1S/C35H27N5O4S/c1-40(45(42,43)31-10-6-18-44-31)27-15-16-30-28(19-27)33-32(25-8-3-2-4-9-25)29(22-37-34(33)39-30)24-11-13-26(14-12-24)35(41)38-21-23-7-5-17-36-20-23/h2-20,22H,21H2,1H3,(H,37,39)(H,38,41). The van der Waals surface area contributed by atoms with E-state index in [0.29, 0.717) is 23.4 Å². The fraction of sp³-hybridized carbons (Fsp3) is 0.0571. The summed E-state index contributed by atoms with van der Waals surface area (Å²) in [7, 11) is -2.39. The Hall–Kier alpha value is -5.74. The number of H-pyrrole nitrogens is 1. The van der Waals surface area contributed by atoms with Crippen molar-refractivity contribution in [1.82, 2.24) is 20.3 Å². The lowest BCUT2D eigenvalue weighted by Crippen LogP contribution is -2.26. The summed E-state index contributed by atoms with van der Waals surface area (Å²) in [6.45, 7) is 0.383. The zero-order chi connectivity index (χ0) is 31.0. The molecule has 1 amide bonds. The minimum Gasteiger partial charge on any atom is -0.451 e. The Labute approximate surface area is 259 Å². The van der Waals surface area contributed by atoms with Gasteiger partial charge in [-0.05, 0) is 65.2 Å². The van der Waals surface area contributed by atoms with Crippen LogP contribution < -0.4 is 9.62 Å². The summed E-state index contributed by atoms with van der Waals surface area (Å²) in [6, 6.07) is 29.6. The molecule has 9 nitrogen and oxygen atoms in total. The molecule has 0 bridgehead atoms. The van der Waals surface area contributed by atoms with Crippen LogP contribution in [0.4, 0.5) is 5.69 Å². The maximum atomic E-state index is 13.2. The minimum atomic E-state index is -3.89. The van der Waals surface area contributed by atoms with Crippen LogP contribution >= 0.6 is 0 Å². The number of rotatable bonds is 8. The van der Waals surface area contributed by atoms with E-state index in [1.54, 1.807) is 36.7 Å². The maximum Gasteiger partial charge on any atom is 0.297 e. The molecule has 0 radical (unpaired) electrons. The Morgan fingerprint density at radius 2 is 1.73 bits per heavy atom. The number of furan rings is 1. The Balaban J connectivity index is 1.31. The predicted octanol–water partition coefficient (Wildman–Crippen LogP) is 6.79. The predicted molar refractivity (Wildman–Crippen MR) is 174 cm³/mol. The molecule has 0 saturated heterocycles. The Kier molecular flexibility index (Phi) is 7.11. The van der Waals surface area contributed by atoms with Crippen LogP contribution in [-0.2, 0) is 16.6 Å². The van der Waals surface area contributed by atoms with Crippen LogP contribution in [0.2, 0.25) is 0 Å². The number of hydrogen-bond acceptors (Lipinski definition) is 6. The quantitative estimate of drug-likeness (QED) is 0.195. The number of carbonyl (C=O) groups excluding carboxylic acids is 1. The lowest BCUT2D eigenvalue weighted by molar-refractivity contribution is 0.0951. The molecule has 0 aliphatic carbocycles. The van der Waals surface area contributed by atoms with Crippen LogP contribution in [-0.4, -0.2) is 36.3 Å². The van der Waals surface area contributed by atoms with Gasteiger partial charge in [-0.3, -0.25) is 14.1 Å². The van der Waals surface area contributed by atoms with Gasteiger partial charge in [0.05, 0.1) is 12.0 Å². The first-order valence-corrected chi connectivity index (χ1v) is 15.6. The second-order valence-electron chi connectivity index (χ2n) is 10.5. The number of nitrogens with one attached hydrogen (secondary N) is 2. The molecule has 0 aliphatic rings. The highest BCUT2D eigenvalue weighted by Gasteiger charge is 2.25. The molecule has 4 aromatic heterocycles. The summed E-state index contributed by atoms with van der Waals surface area (Å²) in [4.78, 5) is 25.1. The van der Waals surface area contributed by atoms with Crippen molar-refractivity contribution < 1.29 is 17.6 Å². The van der Waals surface area contributed by atoms with Gasteiger partial charge >= 0.3 is 0 Å². The van der Waals surface area contributed by atoms with E-state index in [4.69, 9.17) is 9.40 Å². The Morgan fingerprint density at radius 3 is 2.47 bits per heavy atom. The molecule has 4 heterocycles. The van der Waals surface area contributed by atoms with Crippen molar-refractivity contribution in [2.75, 3.05) is 11.4 Å². The Morgan fingerprint density at radius 1 is 0.911 bits per heavy atom. The number of pyridine rings is 2. The van der Waals surface area contributed by atoms with E-state index in [2.05, 4.69) is 15.3 Å². The lowest BCUT2D eigenvalue weighted by Gasteiger charge is -2.18. The third kappa shape index (κ3) is 5.21. The number of nitrogens with zero attached hydrogens (tertiary/aromatic N) is 3. The zero-order valence-electron chi connectivity index (χ0n) is 24.1. The summed E-state index contributed by atoms with van der Waals surface area (Å²) in [5.74, 6) is -0.181. The van der Waals surface area contributed by atoms with Crippen LogP contribution in [0.15, 0.2) is 131 Å². The van der Waals surface area contributed by atoms with E-state index in [9.17, 15) is 13.2 Å². The van der Waals surface area contributed by atoms with Gasteiger partial charge < -0.3 is 14.7 Å². The summed E-state index contributed by atoms with van der Waals surface area (Å²) in [5, 5.41) is 4.49. The number of sulfonamides is 1. The largest absolute Gasteiger partial charge is 0.451 e. The Bertz CT molecular complexity index is 2250. The topological polar surface area (TPSA) is 121 Å². The summed E-state index contributed by atoms with van der Waals surface area (Å²) in [6.07, 6.45) is 6.58. The number of aromatic amines is 1. The van der Waals surface area contributed by atoms with Crippen molar-refractivity contribution in [2.24, 2.45) is 0 Å². The minimum absolute atomic E-state index is 0.132. The molecule has 0 spiro atoms. The smallest absolute Gasteiger partial charge is 0.297 e. The van der Waals surface area contributed by atoms with Crippen molar-refractivity contribution in [1.29, 1.82) is 0 Å². The van der Waals surface area contributed by atoms with Crippen molar-refractivity contribution in [2.45, 2.75) is 11.6 Å². The SMILES string of the molecule is CN(c1ccc2[nH]c3ncc(-c4ccc(C(=O)NCc5cccnc5)cc4)c(-c4ccccc4)c3c2c1)S(=O)(=O)c1ccco1. The van der Waals surface area contributed by atoms with E-state index in [1.165, 1.54) is 23.7 Å². The molecular formula is C35H27N5O4S. The van der Waals surface area contributed by atoms with Gasteiger partial charge in [0.1, 0.15) is 5.65 Å². The third-order valence-electron chi connectivity index (χ3n) is 7.77. The average molecular weight is 614 g/mol. The van der Waals surface area contributed by atoms with E-state index < -0.39 is 10.0 Å². The second-order valence-corrected chi connectivity index (χ2v) is 12.4. The molecule has 0 aliphatic heterocycles. The first-order valence-electron chi connectivity index (χ1n) is 14.2. The number of carbonyl (C=O) groups is 1. The van der Waals surface area contributed by atoms with E-state index in [1.807, 2.05) is 72.9 Å². The van der Waals surface area contributed by atoms with Gasteiger partial charge in [-0.25, -0.2) is 4.98 Å². The van der Waals surface area contributed by atoms with Crippen LogP contribution in [0, 0.1) is 0 Å². The number of amides is 1. The number of anilines is 1. The van der Waals surface area contributed by atoms with Crippen LogP contribution in [0.5, 0.6) is 0 Å². The van der Waals surface area contributed by atoms with Gasteiger partial charge in [0.2, 0.25) is 5.09 Å². The number of benzene rings is 3. The molecule has 2 N–H and O–H groups in total. The van der Waals surface area contributed by atoms with E-state index in [-0.39, 0.29) is 11.0 Å². The van der Waals surface area contributed by atoms with Crippen molar-refractivity contribution in [3.8, 4) is 22.3 Å². The number of aromatic nitrogens is 3. The molecule has 10 heteroatoms. The molecule has 0 atom stereocenters. The molecule has 0 unspecified atom stereocenters. The normalized spacial score (nSPS) is 11.6. The summed E-state index contributed by atoms with van der Waals surface area (Å²) < 4.78 is 32.9. The second kappa shape index (κ2) is 11.4. The molecule has 0 saturated carbocycles. The number of fused-ring (bicyclic) bond motifs is 3. The monoisotopic (exact) mass is 613 g/mol. The first-order chi connectivity index (χ1) is 21.9. The molecule has 7 rings (SSSR count). The van der Waals surface area contributed by atoms with Gasteiger partial charge in [-0.2, -0.15) is 8.42 Å². The van der Waals surface area contributed by atoms with Crippen molar-refractivity contribution >= 4 is 43.6 Å². The molecular weight excluding hydrogens is 586 g/mol. The van der Waals surface area contributed by atoms with Crippen molar-refractivity contribution in [3.05, 3.63) is 133 Å². The maximum absolute atomic E-state index is 13.2. The van der Waals surface area contributed by atoms with Gasteiger partial charge in [0.25, 0.3) is 15.9 Å². The van der Waals surface area contributed by atoms with Crippen molar-refractivity contribution in [3.63, 3.8) is 0 Å². The van der Waals surface area contributed by atoms with E-state index >= 15 is 0 Å². The highest BCUT2D eigenvalue weighted by Crippen LogP contribution is 2.41. The molecule has 0 fully saturated rings. The van der Waals surface area contributed by atoms with Gasteiger partial charge in [0.15, 0.2) is 0 Å². The van der Waals surface area contributed by atoms with Gasteiger partial charge in [-0.1, -0.05) is 48.5 Å². The molecule has 45 heavy (non-hydrogen) atoms. The zero-order valence-corrected chi connectivity index (χ0v) is 25.0. The fourth-order valence-corrected chi connectivity index (χ4v) is 6.52. The van der Waals surface area contributed by atoms with Crippen LogP contribution in [0.3, 0.4) is 0 Å². The van der Waals surface area contributed by atoms with Gasteiger partial charge in [0, 0.05) is 65.2 Å². The molecule has 7 aromatic rings. The highest BCUT2D eigenvalue weighted by molar-refractivity contribution is 7.92. The number of hydrogen-bond donors (Lipinski definition) is 2. The fourth-order valence-electron chi connectivity index (χ4n) is 5.44. The molecule has 222 valence electrons. The van der Waals surface area contributed by atoms with Gasteiger partial charge in [-0.15, -0.1) is 0 Å². The third-order valence-corrected chi connectivity index (χ3v) is 9.45. The highest BCUT2D eigenvalue weighted by atomic mass is 32.2. The summed E-state index contributed by atoms with van der Waals surface area (Å²) in [5.41, 5.74) is 7.10. The van der Waals surface area contributed by atoms with E-state index in [0.717, 1.165) is 44.1 Å². The lowest BCUT2D eigenvalue weighted by atomic mass is 9.92.